The number of amides is 2. The molecule has 390 valence electrons. The number of ether oxygens (including phenoxy) is 7. The maximum Gasteiger partial charge on any atom is 0.337 e. The largest absolute Gasteiger partial charge is 0.478 e. The summed E-state index contributed by atoms with van der Waals surface area (Å²) in [6, 6.07) is 46.5. The molecule has 0 spiro atoms. The zero-order valence-corrected chi connectivity index (χ0v) is 43.5. The second-order valence-corrected chi connectivity index (χ2v) is 20.1. The maximum atomic E-state index is 12.5. The molecule has 0 unspecified atom stereocenters. The van der Waals surface area contributed by atoms with E-state index in [2.05, 4.69) is 62.6 Å². The van der Waals surface area contributed by atoms with E-state index in [4.69, 9.17) is 48.9 Å². The zero-order valence-electron chi connectivity index (χ0n) is 43.5. The molecule has 14 nitrogen and oxygen atoms in total. The number of rotatable bonds is 21. The molecule has 2 aliphatic heterocycles. The van der Waals surface area contributed by atoms with Gasteiger partial charge in [0.1, 0.15) is 0 Å². The maximum absolute atomic E-state index is 12.5. The third-order valence-electron chi connectivity index (χ3n) is 13.0. The van der Waals surface area contributed by atoms with Gasteiger partial charge in [-0.1, -0.05) is 107 Å². The molecule has 0 atom stereocenters. The number of pyridine rings is 2. The smallest absolute Gasteiger partial charge is 0.337 e. The van der Waals surface area contributed by atoms with E-state index in [1.807, 2.05) is 97.1 Å². The number of nitrogens with zero attached hydrogens (tertiary/aromatic N) is 2. The lowest BCUT2D eigenvalue weighted by Gasteiger charge is -2.25. The quantitative estimate of drug-likeness (QED) is 0.0460. The van der Waals surface area contributed by atoms with Gasteiger partial charge < -0.3 is 49.5 Å². The normalized spacial score (nSPS) is 12.3. The lowest BCUT2D eigenvalue weighted by atomic mass is 9.87. The molecule has 0 bridgehead atoms. The Balaban J connectivity index is 0.000000211. The highest BCUT2D eigenvalue weighted by molar-refractivity contribution is 5.94. The molecular formula is C61H67N5O9. The highest BCUT2D eigenvalue weighted by Gasteiger charge is 2.21. The second-order valence-electron chi connectivity index (χ2n) is 20.1. The summed E-state index contributed by atoms with van der Waals surface area (Å²) in [7, 11) is 1.32. The van der Waals surface area contributed by atoms with Crippen molar-refractivity contribution in [3.05, 3.63) is 151 Å². The van der Waals surface area contributed by atoms with E-state index in [9.17, 15) is 9.59 Å². The van der Waals surface area contributed by atoms with Gasteiger partial charge in [-0.2, -0.15) is 0 Å². The number of esters is 1. The number of unbranched alkanes of at least 4 members (excludes halogenated alkanes) is 2. The number of anilines is 1. The van der Waals surface area contributed by atoms with Crippen LogP contribution in [0.1, 0.15) is 76.6 Å². The van der Waals surface area contributed by atoms with E-state index in [0.717, 1.165) is 106 Å². The first kappa shape index (κ1) is 53.2. The summed E-state index contributed by atoms with van der Waals surface area (Å²) < 4.78 is 39.0. The molecule has 0 saturated carbocycles. The number of hydrogen-bond donors (Lipinski definition) is 3. The fourth-order valence-corrected chi connectivity index (χ4v) is 8.45. The predicted octanol–water partition coefficient (Wildman–Crippen LogP) is 13.0. The fourth-order valence-electron chi connectivity index (χ4n) is 8.45. The summed E-state index contributed by atoms with van der Waals surface area (Å²) in [4.78, 5) is 33.8. The van der Waals surface area contributed by atoms with Crippen molar-refractivity contribution in [1.29, 1.82) is 0 Å². The molecule has 5 aromatic carbocycles. The van der Waals surface area contributed by atoms with Crippen LogP contribution in [0.5, 0.6) is 34.8 Å². The standard InChI is InChI=1S/C35H37N3O6.C26H30N2O3/c1-35(2,22-36-34(40)37-28-13-9-12-26(18-28)33(39)41-3)16-7-8-17-42-32-21-27(19-29(38-32)24-10-5-4-6-11-24)25-14-15-30-31(20-25)44-23-43-30;1-26(2,17-27)12-6-7-13-29-25-16-21(14-22(28-25)19-8-4-3-5-9-19)20-10-11-23-24(15-20)31-18-30-23/h4-6,9-15,18-21H,7-8,16-17,22-23H2,1-3H3,(H2,36,37,40);3-5,8-11,14-16H,6-7,12-13,17-18,27H2,1-2H3. The molecule has 2 amide bonds. The number of nitrogens with one attached hydrogen (secondary N) is 2. The molecule has 0 fully saturated rings. The van der Waals surface area contributed by atoms with E-state index in [-0.39, 0.29) is 30.4 Å². The van der Waals surface area contributed by atoms with Crippen LogP contribution in [0.3, 0.4) is 0 Å². The molecule has 4 heterocycles. The second kappa shape index (κ2) is 25.2. The van der Waals surface area contributed by atoms with Crippen molar-refractivity contribution >= 4 is 17.7 Å². The lowest BCUT2D eigenvalue weighted by molar-refractivity contribution is 0.0600. The number of benzene rings is 5. The number of urea groups is 1. The number of carbonyl (C=O) groups is 2. The highest BCUT2D eigenvalue weighted by Crippen LogP contribution is 2.39. The summed E-state index contributed by atoms with van der Waals surface area (Å²) >= 11 is 0. The van der Waals surface area contributed by atoms with Crippen molar-refractivity contribution in [2.24, 2.45) is 16.6 Å². The van der Waals surface area contributed by atoms with Gasteiger partial charge in [-0.3, -0.25) is 0 Å². The summed E-state index contributed by atoms with van der Waals surface area (Å²) in [6.07, 6.45) is 5.80. The number of hydrogen-bond acceptors (Lipinski definition) is 12. The number of carbonyl (C=O) groups excluding carboxylic acids is 2. The van der Waals surface area contributed by atoms with Crippen LogP contribution in [0.4, 0.5) is 10.5 Å². The third kappa shape index (κ3) is 15.2. The topological polar surface area (TPSA) is 175 Å². The molecule has 0 radical (unpaired) electrons. The monoisotopic (exact) mass is 1010 g/mol. The Kier molecular flexibility index (Phi) is 17.9. The average molecular weight is 1010 g/mol. The van der Waals surface area contributed by atoms with Crippen LogP contribution in [0.15, 0.2) is 146 Å². The Morgan fingerprint density at radius 1 is 0.547 bits per heavy atom. The van der Waals surface area contributed by atoms with Crippen LogP contribution < -0.4 is 44.8 Å². The van der Waals surface area contributed by atoms with E-state index in [1.54, 1.807) is 24.3 Å². The first-order valence-electron chi connectivity index (χ1n) is 25.5. The zero-order chi connectivity index (χ0) is 52.6. The summed E-state index contributed by atoms with van der Waals surface area (Å²) in [6.45, 7) is 11.5. The molecule has 2 aromatic heterocycles. The molecule has 0 saturated heterocycles. The Morgan fingerprint density at radius 3 is 1.56 bits per heavy atom. The van der Waals surface area contributed by atoms with Gasteiger partial charge in [0, 0.05) is 35.5 Å². The summed E-state index contributed by atoms with van der Waals surface area (Å²) in [5.74, 6) is 3.75. The van der Waals surface area contributed by atoms with E-state index < -0.39 is 5.97 Å². The van der Waals surface area contributed by atoms with Gasteiger partial charge in [-0.15, -0.1) is 0 Å². The van der Waals surface area contributed by atoms with E-state index in [1.165, 1.54) is 7.11 Å². The highest BCUT2D eigenvalue weighted by atomic mass is 16.7. The molecular weight excluding hydrogens is 947 g/mol. The molecule has 2 aliphatic rings. The van der Waals surface area contributed by atoms with Gasteiger partial charge >= 0.3 is 12.0 Å². The fraction of sp³-hybridized carbons (Fsp3) is 0.311. The number of fused-ring (bicyclic) bond motifs is 2. The van der Waals surface area contributed by atoms with Crippen molar-refractivity contribution in [2.45, 2.75) is 66.2 Å². The number of aromatic nitrogens is 2. The summed E-state index contributed by atoms with van der Waals surface area (Å²) in [5.41, 5.74) is 14.6. The van der Waals surface area contributed by atoms with Crippen molar-refractivity contribution in [3.63, 3.8) is 0 Å². The molecule has 0 aliphatic carbocycles. The van der Waals surface area contributed by atoms with Gasteiger partial charge in [0.25, 0.3) is 0 Å². The van der Waals surface area contributed by atoms with Crippen molar-refractivity contribution in [3.8, 4) is 79.5 Å². The van der Waals surface area contributed by atoms with Gasteiger partial charge in [0.2, 0.25) is 25.3 Å². The minimum absolute atomic E-state index is 0.122. The Morgan fingerprint density at radius 2 is 1.05 bits per heavy atom. The van der Waals surface area contributed by atoms with Crippen molar-refractivity contribution in [1.82, 2.24) is 15.3 Å². The molecule has 9 rings (SSSR count). The van der Waals surface area contributed by atoms with Crippen LogP contribution in [0.25, 0.3) is 44.8 Å². The van der Waals surface area contributed by atoms with Crippen LogP contribution >= 0.6 is 0 Å². The van der Waals surface area contributed by atoms with Crippen LogP contribution in [0, 0.1) is 10.8 Å². The van der Waals surface area contributed by atoms with Crippen molar-refractivity contribution in [2.75, 3.05) is 52.3 Å². The Bertz CT molecular complexity index is 3020. The van der Waals surface area contributed by atoms with E-state index >= 15 is 0 Å². The predicted molar refractivity (Wildman–Crippen MR) is 293 cm³/mol. The van der Waals surface area contributed by atoms with E-state index in [0.29, 0.717) is 49.3 Å². The van der Waals surface area contributed by atoms with Gasteiger partial charge in [0.15, 0.2) is 23.0 Å². The van der Waals surface area contributed by atoms with Crippen LogP contribution in [-0.2, 0) is 4.74 Å². The molecule has 75 heavy (non-hydrogen) atoms. The first-order valence-corrected chi connectivity index (χ1v) is 25.5. The Hall–Kier alpha value is -8.10. The SMILES string of the molecule is CC(C)(CN)CCCCOc1cc(-c2ccc3c(c2)OCO3)cc(-c2ccccc2)n1.COC(=O)c1cccc(NC(=O)NCC(C)(C)CCCCOc2cc(-c3ccc4c(c3)OCO4)cc(-c3ccccc3)n2)c1. The van der Waals surface area contributed by atoms with Gasteiger partial charge in [-0.05, 0) is 133 Å². The lowest BCUT2D eigenvalue weighted by Crippen LogP contribution is -2.36. The minimum Gasteiger partial charge on any atom is -0.478 e. The number of nitrogens with two attached hydrogens (primary N) is 1. The third-order valence-corrected chi connectivity index (χ3v) is 13.0. The van der Waals surface area contributed by atoms with Crippen molar-refractivity contribution < 1.29 is 42.7 Å². The average Bonchev–Trinajstić information content (AvgIpc) is 4.12. The van der Waals surface area contributed by atoms with Gasteiger partial charge in [-0.25, -0.2) is 19.6 Å². The van der Waals surface area contributed by atoms with Gasteiger partial charge in [0.05, 0.1) is 37.3 Å². The van der Waals surface area contributed by atoms with Crippen LogP contribution in [-0.4, -0.2) is 69.0 Å². The minimum atomic E-state index is -0.455. The van der Waals surface area contributed by atoms with Crippen LogP contribution in [0.2, 0.25) is 0 Å². The number of methoxy groups -OCH3 is 1. The molecule has 4 N–H and O–H groups in total. The summed E-state index contributed by atoms with van der Waals surface area (Å²) in [5, 5.41) is 5.71. The molecule has 14 heteroatoms. The Labute approximate surface area is 439 Å². The first-order chi connectivity index (χ1) is 36.3. The molecule has 7 aromatic rings.